The van der Waals surface area contributed by atoms with Crippen molar-refractivity contribution in [2.24, 2.45) is 0 Å². The lowest BCUT2D eigenvalue weighted by atomic mass is 10.1. The Morgan fingerprint density at radius 3 is 2.75 bits per heavy atom. The Morgan fingerprint density at radius 2 is 2.17 bits per heavy atom. The molecule has 0 fully saturated rings. The lowest BCUT2D eigenvalue weighted by Crippen LogP contribution is -1.98. The van der Waals surface area contributed by atoms with E-state index in [2.05, 4.69) is 0 Å². The van der Waals surface area contributed by atoms with Crippen LogP contribution in [-0.2, 0) is 6.42 Å². The largest absolute Gasteiger partial charge is 0.414 e. The Hall–Kier alpha value is -1.02. The Labute approximate surface area is 76.1 Å². The van der Waals surface area contributed by atoms with Crippen LogP contribution in [-0.4, -0.2) is 5.43 Å². The lowest BCUT2D eigenvalue weighted by molar-refractivity contribution is 0.225. The van der Waals surface area contributed by atoms with Gasteiger partial charge in [0.25, 0.3) is 0 Å². The molecule has 2 nitrogen and oxygen atoms in total. The second-order valence-electron chi connectivity index (χ2n) is 2.30. The predicted molar refractivity (Wildman–Crippen MR) is 47.7 cm³/mol. The van der Waals surface area contributed by atoms with E-state index >= 15 is 0 Å². The second-order valence-corrected chi connectivity index (χ2v) is 2.61. The fourth-order valence-corrected chi connectivity index (χ4v) is 1.07. The monoisotopic (exact) mass is 184 g/mol. The number of rotatable bonds is 2. The molecule has 0 atom stereocenters. The van der Waals surface area contributed by atoms with Crippen molar-refractivity contribution in [2.75, 3.05) is 0 Å². The molecule has 0 saturated carbocycles. The number of aryl methyl sites for hydroxylation is 1. The number of para-hydroxylation sites is 1. The van der Waals surface area contributed by atoms with E-state index in [0.29, 0.717) is 5.75 Å². The molecule has 3 heteroatoms. The normalized spacial score (nSPS) is 9.50. The number of hydrogen-bond acceptors (Lipinski definition) is 2. The van der Waals surface area contributed by atoms with E-state index in [1.165, 1.54) is 0 Å². The van der Waals surface area contributed by atoms with Crippen LogP contribution in [0.5, 0.6) is 5.75 Å². The summed E-state index contributed by atoms with van der Waals surface area (Å²) in [5, 5.41) is 0. The third-order valence-electron chi connectivity index (χ3n) is 1.54. The zero-order valence-corrected chi connectivity index (χ0v) is 7.47. The van der Waals surface area contributed by atoms with Gasteiger partial charge in [0.05, 0.1) is 0 Å². The van der Waals surface area contributed by atoms with Gasteiger partial charge in [-0.1, -0.05) is 25.1 Å². The first-order valence-electron chi connectivity index (χ1n) is 3.69. The molecule has 0 spiro atoms. The molecule has 0 bridgehead atoms. The van der Waals surface area contributed by atoms with Crippen LogP contribution in [0.25, 0.3) is 0 Å². The molecule has 0 aliphatic heterocycles. The number of ether oxygens (including phenoxy) is 1. The van der Waals surface area contributed by atoms with Crippen LogP contribution in [0.4, 0.5) is 4.79 Å². The minimum Gasteiger partial charge on any atom is -0.414 e. The van der Waals surface area contributed by atoms with Crippen molar-refractivity contribution in [1.82, 2.24) is 0 Å². The summed E-state index contributed by atoms with van der Waals surface area (Å²) in [7, 11) is 0. The quantitative estimate of drug-likeness (QED) is 0.661. The van der Waals surface area contributed by atoms with Crippen LogP contribution in [0, 0.1) is 0 Å². The third-order valence-corrected chi connectivity index (χ3v) is 1.62. The molecule has 0 saturated heterocycles. The van der Waals surface area contributed by atoms with Crippen LogP contribution in [0.3, 0.4) is 0 Å². The molecule has 12 heavy (non-hydrogen) atoms. The average molecular weight is 185 g/mol. The highest BCUT2D eigenvalue weighted by molar-refractivity contribution is 6.61. The molecular weight excluding hydrogens is 176 g/mol. The van der Waals surface area contributed by atoms with E-state index in [-0.39, 0.29) is 0 Å². The second kappa shape index (κ2) is 4.12. The summed E-state index contributed by atoms with van der Waals surface area (Å²) in [6.07, 6.45) is 0.820. The lowest BCUT2D eigenvalue weighted by Gasteiger charge is -2.04. The van der Waals surface area contributed by atoms with Crippen molar-refractivity contribution in [3.05, 3.63) is 29.8 Å². The van der Waals surface area contributed by atoms with E-state index in [0.717, 1.165) is 12.0 Å². The number of benzene rings is 1. The zero-order chi connectivity index (χ0) is 8.97. The van der Waals surface area contributed by atoms with Crippen molar-refractivity contribution in [1.29, 1.82) is 0 Å². The van der Waals surface area contributed by atoms with Gasteiger partial charge < -0.3 is 4.74 Å². The van der Waals surface area contributed by atoms with Crippen LogP contribution in [0.1, 0.15) is 12.5 Å². The minimum atomic E-state index is -0.795. The van der Waals surface area contributed by atoms with Crippen molar-refractivity contribution < 1.29 is 9.53 Å². The Kier molecular flexibility index (Phi) is 3.11. The fraction of sp³-hybridized carbons (Fsp3) is 0.222. The summed E-state index contributed by atoms with van der Waals surface area (Å²) in [6.45, 7) is 1.99. The molecular formula is C9H9ClO2. The van der Waals surface area contributed by atoms with Crippen LogP contribution in [0.2, 0.25) is 0 Å². The minimum absolute atomic E-state index is 0.542. The van der Waals surface area contributed by atoms with Crippen LogP contribution < -0.4 is 4.74 Å². The number of carbonyl (C=O) groups excluding carboxylic acids is 1. The van der Waals surface area contributed by atoms with Gasteiger partial charge in [-0.2, -0.15) is 0 Å². The molecule has 0 unspecified atom stereocenters. The van der Waals surface area contributed by atoms with Gasteiger partial charge in [-0.25, -0.2) is 4.79 Å². The molecule has 1 aromatic rings. The van der Waals surface area contributed by atoms with E-state index in [1.807, 2.05) is 19.1 Å². The highest BCUT2D eigenvalue weighted by Crippen LogP contribution is 2.18. The zero-order valence-electron chi connectivity index (χ0n) is 6.71. The number of hydrogen-bond donors (Lipinski definition) is 0. The van der Waals surface area contributed by atoms with E-state index in [4.69, 9.17) is 16.3 Å². The van der Waals surface area contributed by atoms with Gasteiger partial charge >= 0.3 is 5.43 Å². The molecule has 1 aromatic carbocycles. The Bertz CT molecular complexity index is 284. The van der Waals surface area contributed by atoms with Gasteiger partial charge in [0.1, 0.15) is 5.75 Å². The first kappa shape index (κ1) is 9.07. The summed E-state index contributed by atoms with van der Waals surface area (Å²) in [5.74, 6) is 0.542. The standard InChI is InChI=1S/C9H9ClO2/c1-2-7-5-3-4-6-8(7)12-9(10)11/h3-6H,2H2,1H3. The van der Waals surface area contributed by atoms with Gasteiger partial charge in [-0.15, -0.1) is 0 Å². The molecule has 0 aromatic heterocycles. The molecule has 0 radical (unpaired) electrons. The summed E-state index contributed by atoms with van der Waals surface area (Å²) in [6, 6.07) is 7.31. The summed E-state index contributed by atoms with van der Waals surface area (Å²) in [5.41, 5.74) is 0.183. The summed E-state index contributed by atoms with van der Waals surface area (Å²) in [4.78, 5) is 10.4. The van der Waals surface area contributed by atoms with Gasteiger partial charge in [-0.05, 0) is 18.1 Å². The predicted octanol–water partition coefficient (Wildman–Crippen LogP) is 2.99. The maximum absolute atomic E-state index is 10.4. The topological polar surface area (TPSA) is 26.3 Å². The van der Waals surface area contributed by atoms with Crippen LogP contribution >= 0.6 is 11.6 Å². The highest BCUT2D eigenvalue weighted by Gasteiger charge is 2.03. The summed E-state index contributed by atoms with van der Waals surface area (Å²) >= 11 is 5.08. The molecule has 0 heterocycles. The molecule has 64 valence electrons. The average Bonchev–Trinajstić information content (AvgIpc) is 2.04. The Balaban J connectivity index is 2.89. The number of carbonyl (C=O) groups is 1. The van der Waals surface area contributed by atoms with Gasteiger partial charge in [0.15, 0.2) is 0 Å². The molecule has 0 amide bonds. The molecule has 0 aliphatic carbocycles. The van der Waals surface area contributed by atoms with E-state index < -0.39 is 5.43 Å². The van der Waals surface area contributed by atoms with Gasteiger partial charge in [-0.3, -0.25) is 0 Å². The smallest absolute Gasteiger partial charge is 0.409 e. The van der Waals surface area contributed by atoms with Crippen molar-refractivity contribution in [2.45, 2.75) is 13.3 Å². The molecule has 0 N–H and O–H groups in total. The summed E-state index contributed by atoms with van der Waals surface area (Å²) < 4.78 is 4.76. The maximum atomic E-state index is 10.4. The third kappa shape index (κ3) is 2.24. The molecule has 1 rings (SSSR count). The molecule has 0 aliphatic rings. The first-order chi connectivity index (χ1) is 5.74. The van der Waals surface area contributed by atoms with Crippen molar-refractivity contribution in [3.8, 4) is 5.75 Å². The Morgan fingerprint density at radius 1 is 1.50 bits per heavy atom. The first-order valence-corrected chi connectivity index (χ1v) is 4.07. The fourth-order valence-electron chi connectivity index (χ4n) is 0.982. The van der Waals surface area contributed by atoms with Gasteiger partial charge in [0.2, 0.25) is 0 Å². The van der Waals surface area contributed by atoms with Crippen LogP contribution in [0.15, 0.2) is 24.3 Å². The highest BCUT2D eigenvalue weighted by atomic mass is 35.5. The van der Waals surface area contributed by atoms with E-state index in [9.17, 15) is 4.79 Å². The van der Waals surface area contributed by atoms with Crippen molar-refractivity contribution >= 4 is 17.0 Å². The SMILES string of the molecule is CCc1ccccc1OC(=O)Cl. The van der Waals surface area contributed by atoms with E-state index in [1.54, 1.807) is 12.1 Å². The van der Waals surface area contributed by atoms with Crippen molar-refractivity contribution in [3.63, 3.8) is 0 Å². The van der Waals surface area contributed by atoms with Gasteiger partial charge in [0, 0.05) is 11.6 Å². The number of halogens is 1. The maximum Gasteiger partial charge on any atom is 0.409 e.